The Kier molecular flexibility index (Phi) is 4.23. The molecule has 108 valence electrons. The molecule has 5 nitrogen and oxygen atoms in total. The van der Waals surface area contributed by atoms with Gasteiger partial charge in [-0.3, -0.25) is 4.79 Å². The summed E-state index contributed by atoms with van der Waals surface area (Å²) in [5.41, 5.74) is 11.1. The number of hydrogen-bond donors (Lipinski definition) is 3. The van der Waals surface area contributed by atoms with Crippen molar-refractivity contribution < 1.29 is 9.90 Å². The first-order chi connectivity index (χ1) is 9.99. The number of rotatable bonds is 3. The van der Waals surface area contributed by atoms with Crippen molar-refractivity contribution in [3.8, 4) is 5.75 Å². The van der Waals surface area contributed by atoms with Crippen LogP contribution in [0.2, 0.25) is 0 Å². The van der Waals surface area contributed by atoms with E-state index in [9.17, 15) is 9.90 Å². The lowest BCUT2D eigenvalue weighted by Gasteiger charge is -2.06. The summed E-state index contributed by atoms with van der Waals surface area (Å²) in [5.74, 6) is -0.485. The third-order valence-corrected chi connectivity index (χ3v) is 3.14. The van der Waals surface area contributed by atoms with Gasteiger partial charge in [-0.15, -0.1) is 0 Å². The molecule has 0 unspecified atom stereocenters. The fourth-order valence-electron chi connectivity index (χ4n) is 1.83. The predicted molar refractivity (Wildman–Crippen MR) is 83.4 cm³/mol. The van der Waals surface area contributed by atoms with Crippen LogP contribution >= 0.6 is 0 Å². The number of nitrogen functional groups attached to an aromatic ring is 1. The molecule has 2 aromatic rings. The van der Waals surface area contributed by atoms with E-state index in [1.807, 2.05) is 12.1 Å². The fourth-order valence-corrected chi connectivity index (χ4v) is 1.83. The first-order valence-electron chi connectivity index (χ1n) is 6.48. The maximum Gasteiger partial charge on any atom is 0.275 e. The number of hydrazone groups is 1. The molecule has 0 aliphatic carbocycles. The number of para-hydroxylation sites is 1. The highest BCUT2D eigenvalue weighted by Gasteiger charge is 2.11. The second kappa shape index (κ2) is 6.09. The third kappa shape index (κ3) is 3.39. The van der Waals surface area contributed by atoms with Crippen LogP contribution in [0.4, 0.5) is 5.69 Å². The SMILES string of the molecule is C/C(=N\NC(=O)c1cccc(C)c1O)c1ccc(N)cc1. The van der Waals surface area contributed by atoms with Crippen LogP contribution in [-0.4, -0.2) is 16.7 Å². The quantitative estimate of drug-likeness (QED) is 0.459. The Bertz CT molecular complexity index is 691. The Labute approximate surface area is 123 Å². The van der Waals surface area contributed by atoms with Gasteiger partial charge in [0.05, 0.1) is 11.3 Å². The fraction of sp³-hybridized carbons (Fsp3) is 0.125. The molecule has 21 heavy (non-hydrogen) atoms. The van der Waals surface area contributed by atoms with E-state index in [2.05, 4.69) is 10.5 Å². The van der Waals surface area contributed by atoms with Gasteiger partial charge in [0.15, 0.2) is 0 Å². The van der Waals surface area contributed by atoms with Gasteiger partial charge in [0.2, 0.25) is 0 Å². The molecular weight excluding hydrogens is 266 g/mol. The number of phenols is 1. The molecule has 4 N–H and O–H groups in total. The highest BCUT2D eigenvalue weighted by molar-refractivity contribution is 6.01. The average molecular weight is 283 g/mol. The van der Waals surface area contributed by atoms with Crippen LogP contribution in [-0.2, 0) is 0 Å². The first-order valence-corrected chi connectivity index (χ1v) is 6.48. The normalized spacial score (nSPS) is 11.2. The smallest absolute Gasteiger partial charge is 0.275 e. The average Bonchev–Trinajstić information content (AvgIpc) is 2.48. The van der Waals surface area contributed by atoms with Gasteiger partial charge in [-0.2, -0.15) is 5.10 Å². The number of nitrogens with two attached hydrogens (primary N) is 1. The van der Waals surface area contributed by atoms with Crippen molar-refractivity contribution in [2.75, 3.05) is 5.73 Å². The molecule has 0 atom stereocenters. The molecule has 0 spiro atoms. The van der Waals surface area contributed by atoms with Gasteiger partial charge in [0, 0.05) is 5.69 Å². The Morgan fingerprint density at radius 2 is 1.86 bits per heavy atom. The zero-order chi connectivity index (χ0) is 15.4. The Balaban J connectivity index is 2.14. The monoisotopic (exact) mass is 283 g/mol. The first kappa shape index (κ1) is 14.6. The van der Waals surface area contributed by atoms with Crippen molar-refractivity contribution in [1.82, 2.24) is 5.43 Å². The molecule has 2 aromatic carbocycles. The topological polar surface area (TPSA) is 87.7 Å². The molecule has 5 heteroatoms. The molecular formula is C16H17N3O2. The number of nitrogens with one attached hydrogen (secondary N) is 1. The van der Waals surface area contributed by atoms with E-state index in [4.69, 9.17) is 5.73 Å². The summed E-state index contributed by atoms with van der Waals surface area (Å²) in [6, 6.07) is 12.2. The molecule has 0 aromatic heterocycles. The van der Waals surface area contributed by atoms with Crippen LogP contribution in [0.1, 0.15) is 28.4 Å². The summed E-state index contributed by atoms with van der Waals surface area (Å²) >= 11 is 0. The van der Waals surface area contributed by atoms with E-state index < -0.39 is 5.91 Å². The summed E-state index contributed by atoms with van der Waals surface area (Å²) in [6.45, 7) is 3.51. The largest absolute Gasteiger partial charge is 0.507 e. The van der Waals surface area contributed by atoms with Gasteiger partial charge in [0.1, 0.15) is 5.75 Å². The maximum absolute atomic E-state index is 12.0. The van der Waals surface area contributed by atoms with Crippen molar-refractivity contribution in [2.24, 2.45) is 5.10 Å². The van der Waals surface area contributed by atoms with Crippen LogP contribution in [0, 0.1) is 6.92 Å². The summed E-state index contributed by atoms with van der Waals surface area (Å²) in [4.78, 5) is 12.0. The number of aromatic hydroxyl groups is 1. The second-order valence-electron chi connectivity index (χ2n) is 4.73. The minimum Gasteiger partial charge on any atom is -0.507 e. The lowest BCUT2D eigenvalue weighted by atomic mass is 10.1. The van der Waals surface area contributed by atoms with Gasteiger partial charge >= 0.3 is 0 Å². The Morgan fingerprint density at radius 3 is 2.52 bits per heavy atom. The summed E-state index contributed by atoms with van der Waals surface area (Å²) in [6.07, 6.45) is 0. The number of hydrogen-bond acceptors (Lipinski definition) is 4. The second-order valence-corrected chi connectivity index (χ2v) is 4.73. The van der Waals surface area contributed by atoms with E-state index >= 15 is 0 Å². The number of aryl methyl sites for hydroxylation is 1. The molecule has 0 fully saturated rings. The van der Waals surface area contributed by atoms with E-state index in [0.29, 0.717) is 17.0 Å². The lowest BCUT2D eigenvalue weighted by Crippen LogP contribution is -2.19. The number of amides is 1. The van der Waals surface area contributed by atoms with Gasteiger partial charge in [-0.05, 0) is 43.2 Å². The van der Waals surface area contributed by atoms with Crippen LogP contribution < -0.4 is 11.2 Å². The standard InChI is InChI=1S/C16H17N3O2/c1-10-4-3-5-14(15(10)20)16(21)19-18-11(2)12-6-8-13(17)9-7-12/h3-9,20H,17H2,1-2H3,(H,19,21)/b18-11+. The highest BCUT2D eigenvalue weighted by atomic mass is 16.3. The number of benzene rings is 2. The summed E-state index contributed by atoms with van der Waals surface area (Å²) in [5, 5.41) is 13.9. The number of anilines is 1. The number of phenolic OH excluding ortho intramolecular Hbond substituents is 1. The zero-order valence-corrected chi connectivity index (χ0v) is 11.9. The number of nitrogens with zero attached hydrogens (tertiary/aromatic N) is 1. The van der Waals surface area contributed by atoms with Gasteiger partial charge in [-0.25, -0.2) is 5.43 Å². The van der Waals surface area contributed by atoms with Crippen molar-refractivity contribution in [2.45, 2.75) is 13.8 Å². The van der Waals surface area contributed by atoms with Crippen molar-refractivity contribution in [1.29, 1.82) is 0 Å². The summed E-state index contributed by atoms with van der Waals surface area (Å²) < 4.78 is 0. The van der Waals surface area contributed by atoms with Crippen LogP contribution in [0.15, 0.2) is 47.6 Å². The molecule has 0 bridgehead atoms. The minimum atomic E-state index is -0.453. The number of carbonyl (C=O) groups excluding carboxylic acids is 1. The van der Waals surface area contributed by atoms with E-state index in [1.165, 1.54) is 0 Å². The molecule has 0 aliphatic heterocycles. The van der Waals surface area contributed by atoms with Gasteiger partial charge in [0.25, 0.3) is 5.91 Å². The molecule has 0 aliphatic rings. The molecule has 0 saturated heterocycles. The predicted octanol–water partition coefficient (Wildman–Crippen LogP) is 2.44. The Morgan fingerprint density at radius 1 is 1.19 bits per heavy atom. The van der Waals surface area contributed by atoms with Gasteiger partial charge < -0.3 is 10.8 Å². The van der Waals surface area contributed by atoms with Crippen molar-refractivity contribution in [3.63, 3.8) is 0 Å². The molecule has 2 rings (SSSR count). The summed E-state index contributed by atoms with van der Waals surface area (Å²) in [7, 11) is 0. The van der Waals surface area contributed by atoms with Crippen molar-refractivity contribution >= 4 is 17.3 Å². The van der Waals surface area contributed by atoms with E-state index in [-0.39, 0.29) is 11.3 Å². The molecule has 1 amide bonds. The minimum absolute atomic E-state index is 0.0321. The molecule has 0 saturated carbocycles. The van der Waals surface area contributed by atoms with Crippen LogP contribution in [0.5, 0.6) is 5.75 Å². The zero-order valence-electron chi connectivity index (χ0n) is 11.9. The van der Waals surface area contributed by atoms with Crippen LogP contribution in [0.25, 0.3) is 0 Å². The maximum atomic E-state index is 12.0. The molecule has 0 radical (unpaired) electrons. The Hall–Kier alpha value is -2.82. The third-order valence-electron chi connectivity index (χ3n) is 3.14. The molecule has 0 heterocycles. The number of carbonyl (C=O) groups is 1. The van der Waals surface area contributed by atoms with Crippen molar-refractivity contribution in [3.05, 3.63) is 59.2 Å². The lowest BCUT2D eigenvalue weighted by molar-refractivity contribution is 0.0952. The van der Waals surface area contributed by atoms with E-state index in [0.717, 1.165) is 5.56 Å². The van der Waals surface area contributed by atoms with Crippen LogP contribution in [0.3, 0.4) is 0 Å². The highest BCUT2D eigenvalue weighted by Crippen LogP contribution is 2.21. The van der Waals surface area contributed by atoms with E-state index in [1.54, 1.807) is 44.2 Å². The van der Waals surface area contributed by atoms with Gasteiger partial charge in [-0.1, -0.05) is 24.3 Å².